The van der Waals surface area contributed by atoms with Crippen LogP contribution in [-0.4, -0.2) is 58.1 Å². The number of ether oxygens (including phenoxy) is 1. The maximum absolute atomic E-state index is 14.6. The van der Waals surface area contributed by atoms with Gasteiger partial charge in [-0.2, -0.15) is 16.9 Å². The molecular formula is C28H29F2N7O2S. The van der Waals surface area contributed by atoms with Gasteiger partial charge in [-0.25, -0.2) is 23.8 Å². The Balaban J connectivity index is 1.34. The minimum Gasteiger partial charge on any atom is -0.494 e. The number of thioether (sulfide) groups is 1. The van der Waals surface area contributed by atoms with E-state index >= 15 is 0 Å². The van der Waals surface area contributed by atoms with Crippen LogP contribution in [0.25, 0.3) is 11.1 Å². The fraction of sp³-hybridized carbons (Fsp3) is 0.321. The molecule has 2 fully saturated rings. The molecule has 1 atom stereocenters. The van der Waals surface area contributed by atoms with E-state index in [1.54, 1.807) is 23.9 Å². The van der Waals surface area contributed by atoms with E-state index in [0.717, 1.165) is 53.2 Å². The predicted octanol–water partition coefficient (Wildman–Crippen LogP) is 5.34. The van der Waals surface area contributed by atoms with Crippen LogP contribution in [0.2, 0.25) is 0 Å². The molecule has 40 heavy (non-hydrogen) atoms. The molecule has 0 spiro atoms. The van der Waals surface area contributed by atoms with E-state index < -0.39 is 17.7 Å². The summed E-state index contributed by atoms with van der Waals surface area (Å²) in [5.41, 5.74) is 4.05. The summed E-state index contributed by atoms with van der Waals surface area (Å²) in [5, 5.41) is 9.27. The lowest BCUT2D eigenvalue weighted by Crippen LogP contribution is -2.32. The summed E-state index contributed by atoms with van der Waals surface area (Å²) in [7, 11) is 3.54. The molecule has 2 saturated heterocycles. The molecule has 12 heteroatoms. The highest BCUT2D eigenvalue weighted by Gasteiger charge is 2.32. The number of halogens is 2. The third-order valence-corrected chi connectivity index (χ3v) is 8.01. The van der Waals surface area contributed by atoms with Crippen molar-refractivity contribution in [3.05, 3.63) is 72.3 Å². The van der Waals surface area contributed by atoms with Crippen molar-refractivity contribution in [2.75, 3.05) is 53.6 Å². The number of nitrogens with one attached hydrogen (secondary N) is 1. The monoisotopic (exact) mass is 565 g/mol. The van der Waals surface area contributed by atoms with Crippen molar-refractivity contribution in [2.45, 2.75) is 12.5 Å². The molecule has 0 bridgehead atoms. The number of aryl methyl sites for hydroxylation is 1. The third kappa shape index (κ3) is 5.16. The van der Waals surface area contributed by atoms with Crippen LogP contribution in [-0.2, 0) is 11.9 Å². The normalized spacial score (nSPS) is 17.4. The van der Waals surface area contributed by atoms with Gasteiger partial charge in [0.25, 0.3) is 0 Å². The largest absolute Gasteiger partial charge is 0.494 e. The Kier molecular flexibility index (Phi) is 7.44. The van der Waals surface area contributed by atoms with Gasteiger partial charge in [0.05, 0.1) is 31.6 Å². The average molecular weight is 566 g/mol. The van der Waals surface area contributed by atoms with E-state index in [1.165, 1.54) is 17.5 Å². The second kappa shape index (κ2) is 11.3. The van der Waals surface area contributed by atoms with Crippen LogP contribution < -0.4 is 20.0 Å². The SMILES string of the molecule is COc1cc(N2CCSCC2)c(-c2cnn(C)c2)cc1Nc1cc(N2OCC[C@@H]2c2cccc(F)c2F)ncn1. The van der Waals surface area contributed by atoms with Crippen LogP contribution in [0, 0.1) is 11.6 Å². The molecule has 2 aliphatic heterocycles. The zero-order chi connectivity index (χ0) is 27.6. The molecular weight excluding hydrogens is 536 g/mol. The second-order valence-corrected chi connectivity index (χ2v) is 10.8. The van der Waals surface area contributed by atoms with Crippen molar-refractivity contribution in [3.8, 4) is 16.9 Å². The Bertz CT molecular complexity index is 1510. The van der Waals surface area contributed by atoms with Crippen molar-refractivity contribution in [2.24, 2.45) is 7.05 Å². The van der Waals surface area contributed by atoms with Crippen molar-refractivity contribution in [1.82, 2.24) is 19.7 Å². The zero-order valence-electron chi connectivity index (χ0n) is 22.2. The summed E-state index contributed by atoms with van der Waals surface area (Å²) in [6, 6.07) is 9.46. The minimum absolute atomic E-state index is 0.222. The highest BCUT2D eigenvalue weighted by molar-refractivity contribution is 7.99. The van der Waals surface area contributed by atoms with Gasteiger partial charge >= 0.3 is 0 Å². The number of rotatable bonds is 7. The molecule has 2 aliphatic rings. The molecule has 4 aromatic rings. The fourth-order valence-electron chi connectivity index (χ4n) is 5.12. The van der Waals surface area contributed by atoms with Gasteiger partial charge in [-0.05, 0) is 12.1 Å². The van der Waals surface area contributed by atoms with Crippen molar-refractivity contribution < 1.29 is 18.4 Å². The highest BCUT2D eigenvalue weighted by atomic mass is 32.2. The number of methoxy groups -OCH3 is 1. The van der Waals surface area contributed by atoms with Gasteiger partial charge in [0.2, 0.25) is 0 Å². The molecule has 1 N–H and O–H groups in total. The molecule has 0 radical (unpaired) electrons. The first-order valence-corrected chi connectivity index (χ1v) is 14.2. The van der Waals surface area contributed by atoms with E-state index in [-0.39, 0.29) is 5.56 Å². The van der Waals surface area contributed by atoms with Crippen LogP contribution in [0.5, 0.6) is 5.75 Å². The summed E-state index contributed by atoms with van der Waals surface area (Å²) in [4.78, 5) is 16.9. The van der Waals surface area contributed by atoms with Gasteiger partial charge in [-0.15, -0.1) is 0 Å². The van der Waals surface area contributed by atoms with Gasteiger partial charge in [0.15, 0.2) is 17.5 Å². The molecule has 2 aromatic carbocycles. The van der Waals surface area contributed by atoms with Gasteiger partial charge in [0, 0.05) is 78.8 Å². The molecule has 6 rings (SSSR count). The standard InChI is InChI=1S/C28H29F2N7O2S/c1-35-16-18(15-33-35)20-12-22(25(38-2)13-24(20)36-7-10-40-11-8-36)34-26-14-27(32-17-31-26)37-23(6-9-39-37)19-4-3-5-21(29)28(19)30/h3-5,12-17,23H,6-11H2,1-2H3,(H,31,32,34)/t23-/m1/s1. The van der Waals surface area contributed by atoms with Gasteiger partial charge in [-0.3, -0.25) is 9.52 Å². The zero-order valence-corrected chi connectivity index (χ0v) is 23.0. The summed E-state index contributed by atoms with van der Waals surface area (Å²) in [6.45, 7) is 2.25. The average Bonchev–Trinajstić information content (AvgIpc) is 3.64. The maximum atomic E-state index is 14.6. The smallest absolute Gasteiger partial charge is 0.164 e. The Morgan fingerprint density at radius 1 is 1.12 bits per heavy atom. The summed E-state index contributed by atoms with van der Waals surface area (Å²) >= 11 is 1.96. The van der Waals surface area contributed by atoms with E-state index in [1.807, 2.05) is 37.3 Å². The van der Waals surface area contributed by atoms with Gasteiger partial charge in [-0.1, -0.05) is 12.1 Å². The maximum Gasteiger partial charge on any atom is 0.164 e. The first-order valence-electron chi connectivity index (χ1n) is 13.0. The van der Waals surface area contributed by atoms with E-state index in [9.17, 15) is 8.78 Å². The third-order valence-electron chi connectivity index (χ3n) is 7.07. The molecule has 208 valence electrons. The molecule has 0 amide bonds. The number of hydrogen-bond acceptors (Lipinski definition) is 9. The first kappa shape index (κ1) is 26.3. The molecule has 0 aliphatic carbocycles. The lowest BCUT2D eigenvalue weighted by atomic mass is 10.0. The number of nitrogens with zero attached hydrogens (tertiary/aromatic N) is 6. The van der Waals surface area contributed by atoms with Crippen LogP contribution in [0.3, 0.4) is 0 Å². The minimum atomic E-state index is -0.891. The topological polar surface area (TPSA) is 80.6 Å². The van der Waals surface area contributed by atoms with Gasteiger partial charge < -0.3 is 15.0 Å². The van der Waals surface area contributed by atoms with Crippen molar-refractivity contribution >= 4 is 34.8 Å². The number of aromatic nitrogens is 4. The molecule has 2 aromatic heterocycles. The Hall–Kier alpha value is -3.90. The van der Waals surface area contributed by atoms with Crippen LogP contribution >= 0.6 is 11.8 Å². The van der Waals surface area contributed by atoms with Crippen LogP contribution in [0.15, 0.2) is 55.1 Å². The summed E-state index contributed by atoms with van der Waals surface area (Å²) in [5.74, 6) is 1.95. The highest BCUT2D eigenvalue weighted by Crippen LogP contribution is 2.42. The molecule has 0 unspecified atom stereocenters. The lowest BCUT2D eigenvalue weighted by Gasteiger charge is -2.31. The van der Waals surface area contributed by atoms with E-state index in [4.69, 9.17) is 9.57 Å². The van der Waals surface area contributed by atoms with E-state index in [2.05, 4.69) is 31.3 Å². The molecule has 0 saturated carbocycles. The number of benzene rings is 2. The predicted molar refractivity (Wildman–Crippen MR) is 152 cm³/mol. The second-order valence-electron chi connectivity index (χ2n) is 9.56. The quantitative estimate of drug-likeness (QED) is 0.319. The number of hydrogen-bond donors (Lipinski definition) is 1. The summed E-state index contributed by atoms with van der Waals surface area (Å²) in [6.07, 6.45) is 5.75. The van der Waals surface area contributed by atoms with Crippen LogP contribution in [0.4, 0.5) is 31.8 Å². The molecule has 9 nitrogen and oxygen atoms in total. The van der Waals surface area contributed by atoms with Gasteiger partial charge in [0.1, 0.15) is 17.9 Å². The number of hydroxylamine groups is 1. The van der Waals surface area contributed by atoms with Crippen molar-refractivity contribution in [3.63, 3.8) is 0 Å². The van der Waals surface area contributed by atoms with E-state index in [0.29, 0.717) is 30.4 Å². The van der Waals surface area contributed by atoms with Crippen LogP contribution in [0.1, 0.15) is 18.0 Å². The first-order chi connectivity index (χ1) is 19.5. The Labute approximate surface area is 235 Å². The Morgan fingerprint density at radius 2 is 1.98 bits per heavy atom. The summed E-state index contributed by atoms with van der Waals surface area (Å²) < 4.78 is 36.2. The Morgan fingerprint density at radius 3 is 2.75 bits per heavy atom. The number of anilines is 4. The fourth-order valence-corrected chi connectivity index (χ4v) is 6.03. The van der Waals surface area contributed by atoms with Crippen molar-refractivity contribution in [1.29, 1.82) is 0 Å². The lowest BCUT2D eigenvalue weighted by molar-refractivity contribution is 0.156. The molecule has 4 heterocycles.